The summed E-state index contributed by atoms with van der Waals surface area (Å²) in [7, 11) is 0. The maximum atomic E-state index is 10.3. The van der Waals surface area contributed by atoms with Crippen LogP contribution in [-0.4, -0.2) is 71.9 Å². The zero-order valence-corrected chi connectivity index (χ0v) is 17.7. The maximum Gasteiger partial charge on any atom is 0.229 e. The molecule has 2 aromatic carbocycles. The molecule has 1 fully saturated rings. The Morgan fingerprint density at radius 2 is 1.67 bits per heavy atom. The molecule has 5 atom stereocenters. The van der Waals surface area contributed by atoms with E-state index in [1.807, 2.05) is 64.0 Å². The smallest absolute Gasteiger partial charge is 0.229 e. The number of nitrogens with zero attached hydrogens (tertiary/aromatic N) is 3. The van der Waals surface area contributed by atoms with Gasteiger partial charge in [0.1, 0.15) is 35.7 Å². The molecule has 9 heteroatoms. The van der Waals surface area contributed by atoms with Gasteiger partial charge in [0, 0.05) is 24.6 Å². The first kappa shape index (κ1) is 21.6. The summed E-state index contributed by atoms with van der Waals surface area (Å²) in [6, 6.07) is 17.5. The molecule has 33 heavy (non-hydrogen) atoms. The largest absolute Gasteiger partial charge is 0.460 e. The number of fused-ring (bicyclic) bond motifs is 1. The number of aromatic nitrogens is 3. The number of hydrogen-bond donors (Lipinski definition) is 4. The molecule has 0 amide bonds. The van der Waals surface area contributed by atoms with Crippen molar-refractivity contribution in [2.45, 2.75) is 37.3 Å². The van der Waals surface area contributed by atoms with E-state index in [4.69, 9.17) is 9.47 Å². The summed E-state index contributed by atoms with van der Waals surface area (Å²) in [6.45, 7) is 0.0173. The molecule has 1 unspecified atom stereocenters. The number of rotatable bonds is 6. The van der Waals surface area contributed by atoms with Crippen molar-refractivity contribution in [2.75, 3.05) is 6.61 Å². The fraction of sp³-hybridized carbons (Fsp3) is 0.292. The van der Waals surface area contributed by atoms with E-state index in [-0.39, 0.29) is 0 Å². The summed E-state index contributed by atoms with van der Waals surface area (Å²) >= 11 is 0. The molecule has 0 bridgehead atoms. The molecule has 3 heterocycles. The van der Waals surface area contributed by atoms with Gasteiger partial charge in [0.15, 0.2) is 0 Å². The van der Waals surface area contributed by atoms with Gasteiger partial charge in [0.2, 0.25) is 6.29 Å². The van der Waals surface area contributed by atoms with Crippen LogP contribution in [0.1, 0.15) is 5.56 Å². The predicted molar refractivity (Wildman–Crippen MR) is 119 cm³/mol. The van der Waals surface area contributed by atoms with Crippen LogP contribution in [0.15, 0.2) is 73.3 Å². The Morgan fingerprint density at radius 3 is 2.39 bits per heavy atom. The third-order valence-electron chi connectivity index (χ3n) is 5.88. The first-order chi connectivity index (χ1) is 16.0. The van der Waals surface area contributed by atoms with Crippen molar-refractivity contribution >= 4 is 11.0 Å². The summed E-state index contributed by atoms with van der Waals surface area (Å²) in [5.74, 6) is 0.401. The van der Waals surface area contributed by atoms with E-state index in [1.165, 1.54) is 0 Å². The molecule has 1 aliphatic heterocycles. The second-order valence-corrected chi connectivity index (χ2v) is 8.07. The highest BCUT2D eigenvalue weighted by molar-refractivity contribution is 5.82. The Hall–Kier alpha value is -3.21. The molecule has 1 saturated heterocycles. The van der Waals surface area contributed by atoms with E-state index in [9.17, 15) is 20.4 Å². The van der Waals surface area contributed by atoms with Crippen LogP contribution in [0.4, 0.5) is 0 Å². The van der Waals surface area contributed by atoms with Crippen LogP contribution in [0.3, 0.4) is 0 Å². The summed E-state index contributed by atoms with van der Waals surface area (Å²) in [6.07, 6.45) is -1.07. The molecule has 0 aliphatic carbocycles. The maximum absolute atomic E-state index is 10.3. The second-order valence-electron chi connectivity index (χ2n) is 8.07. The Morgan fingerprint density at radius 1 is 0.909 bits per heavy atom. The number of benzene rings is 2. The number of ether oxygens (including phenoxy) is 2. The van der Waals surface area contributed by atoms with Crippen LogP contribution < -0.4 is 4.74 Å². The van der Waals surface area contributed by atoms with Crippen molar-refractivity contribution in [2.24, 2.45) is 0 Å². The highest BCUT2D eigenvalue weighted by Gasteiger charge is 2.44. The Labute approximate surface area is 189 Å². The Balaban J connectivity index is 1.41. The van der Waals surface area contributed by atoms with Gasteiger partial charge in [-0.05, 0) is 42.0 Å². The number of aliphatic hydroxyl groups excluding tert-OH is 4. The topological polar surface area (TPSA) is 122 Å². The lowest BCUT2D eigenvalue weighted by molar-refractivity contribution is -0.277. The molecule has 4 N–H and O–H groups in total. The fourth-order valence-electron chi connectivity index (χ4n) is 4.07. The van der Waals surface area contributed by atoms with Gasteiger partial charge >= 0.3 is 0 Å². The average Bonchev–Trinajstić information content (AvgIpc) is 3.51. The van der Waals surface area contributed by atoms with Crippen LogP contribution >= 0.6 is 0 Å². The van der Waals surface area contributed by atoms with Crippen molar-refractivity contribution in [3.05, 3.63) is 78.9 Å². The molecule has 2 aromatic heterocycles. The molecule has 172 valence electrons. The number of aliphatic hydroxyl groups is 4. The van der Waals surface area contributed by atoms with Gasteiger partial charge in [-0.3, -0.25) is 0 Å². The molecule has 1 aliphatic rings. The van der Waals surface area contributed by atoms with Crippen LogP contribution in [-0.2, 0) is 11.3 Å². The van der Waals surface area contributed by atoms with E-state index in [0.717, 1.165) is 11.3 Å². The molecular formula is C24H25N3O6. The molecule has 0 spiro atoms. The van der Waals surface area contributed by atoms with Crippen molar-refractivity contribution in [3.8, 4) is 11.4 Å². The summed E-state index contributed by atoms with van der Waals surface area (Å²) in [4.78, 5) is 4.45. The van der Waals surface area contributed by atoms with Crippen LogP contribution in [0.2, 0.25) is 0 Å². The molecule has 9 nitrogen and oxygen atoms in total. The normalized spacial score (nSPS) is 25.4. The SMILES string of the molecule is OC[C@@H]1OC(Oc2cccc3ncn(Cc4ccc(-n5cccc5)cc4)c23)[C@@H](O)[C@H](O)[C@H]1O. The van der Waals surface area contributed by atoms with Crippen molar-refractivity contribution in [1.29, 1.82) is 0 Å². The Bertz CT molecular complexity index is 1200. The van der Waals surface area contributed by atoms with Gasteiger partial charge in [-0.1, -0.05) is 18.2 Å². The Kier molecular flexibility index (Phi) is 5.88. The third-order valence-corrected chi connectivity index (χ3v) is 5.88. The minimum Gasteiger partial charge on any atom is -0.460 e. The zero-order chi connectivity index (χ0) is 22.9. The number of hydrogen-bond acceptors (Lipinski definition) is 7. The summed E-state index contributed by atoms with van der Waals surface area (Å²) in [5.41, 5.74) is 3.52. The van der Waals surface area contributed by atoms with E-state index in [0.29, 0.717) is 23.3 Å². The highest BCUT2D eigenvalue weighted by Crippen LogP contribution is 2.30. The molecular weight excluding hydrogens is 426 g/mol. The van der Waals surface area contributed by atoms with Crippen molar-refractivity contribution in [1.82, 2.24) is 14.1 Å². The quantitative estimate of drug-likeness (QED) is 0.346. The van der Waals surface area contributed by atoms with E-state index < -0.39 is 37.3 Å². The number of imidazole rings is 1. The lowest BCUT2D eigenvalue weighted by atomic mass is 9.99. The van der Waals surface area contributed by atoms with Gasteiger partial charge in [-0.2, -0.15) is 0 Å². The van der Waals surface area contributed by atoms with Gasteiger partial charge in [-0.15, -0.1) is 0 Å². The molecule has 4 aromatic rings. The minimum absolute atomic E-state index is 0.401. The van der Waals surface area contributed by atoms with Crippen molar-refractivity contribution in [3.63, 3.8) is 0 Å². The number of para-hydroxylation sites is 1. The van der Waals surface area contributed by atoms with Gasteiger partial charge in [0.25, 0.3) is 0 Å². The highest BCUT2D eigenvalue weighted by atomic mass is 16.7. The van der Waals surface area contributed by atoms with Crippen molar-refractivity contribution < 1.29 is 29.9 Å². The first-order valence-corrected chi connectivity index (χ1v) is 10.7. The second kappa shape index (κ2) is 8.97. The summed E-state index contributed by atoms with van der Waals surface area (Å²) < 4.78 is 15.4. The lowest BCUT2D eigenvalue weighted by Gasteiger charge is -2.39. The zero-order valence-electron chi connectivity index (χ0n) is 17.7. The van der Waals surface area contributed by atoms with Crippen LogP contribution in [0.5, 0.6) is 5.75 Å². The summed E-state index contributed by atoms with van der Waals surface area (Å²) in [5, 5.41) is 39.8. The lowest BCUT2D eigenvalue weighted by Crippen LogP contribution is -2.60. The third kappa shape index (κ3) is 4.12. The minimum atomic E-state index is -1.51. The van der Waals surface area contributed by atoms with E-state index in [2.05, 4.69) is 4.98 Å². The predicted octanol–water partition coefficient (Wildman–Crippen LogP) is 1.05. The van der Waals surface area contributed by atoms with Crippen LogP contribution in [0.25, 0.3) is 16.7 Å². The molecule has 0 radical (unpaired) electrons. The monoisotopic (exact) mass is 451 g/mol. The van der Waals surface area contributed by atoms with Gasteiger partial charge in [-0.25, -0.2) is 4.98 Å². The fourth-order valence-corrected chi connectivity index (χ4v) is 4.07. The van der Waals surface area contributed by atoms with E-state index in [1.54, 1.807) is 18.5 Å². The van der Waals surface area contributed by atoms with E-state index >= 15 is 0 Å². The molecule has 5 rings (SSSR count). The van der Waals surface area contributed by atoms with Crippen LogP contribution in [0, 0.1) is 0 Å². The standard InChI is InChI=1S/C24H25N3O6/c28-13-19-21(29)22(30)23(31)24(33-19)32-18-5-3-4-17-20(18)27(14-25-17)12-15-6-8-16(9-7-15)26-10-1-2-11-26/h1-11,14,19,21-24,28-31H,12-13H2/t19-,21-,22+,23-,24?/m0/s1. The van der Waals surface area contributed by atoms with Gasteiger partial charge in [0.05, 0.1) is 18.5 Å². The first-order valence-electron chi connectivity index (χ1n) is 10.7. The average molecular weight is 451 g/mol. The van der Waals surface area contributed by atoms with Gasteiger partial charge < -0.3 is 39.0 Å². The molecule has 0 saturated carbocycles.